The molecule has 0 aromatic carbocycles. The summed E-state index contributed by atoms with van der Waals surface area (Å²) in [6, 6.07) is 2.44. The number of hydrogen-bond donors (Lipinski definition) is 1. The Balaban J connectivity index is 1.53. The van der Waals surface area contributed by atoms with Crippen LogP contribution in [0.15, 0.2) is 12.4 Å². The highest BCUT2D eigenvalue weighted by molar-refractivity contribution is 5.79. The highest BCUT2D eigenvalue weighted by Crippen LogP contribution is 2.29. The molecule has 5 nitrogen and oxygen atoms in total. The first-order chi connectivity index (χ1) is 10.9. The van der Waals surface area contributed by atoms with Gasteiger partial charge in [-0.3, -0.25) is 4.79 Å². The van der Waals surface area contributed by atoms with Crippen LogP contribution in [0.1, 0.15) is 58.6 Å². The molecule has 126 valence electrons. The van der Waals surface area contributed by atoms with Gasteiger partial charge >= 0.3 is 0 Å². The van der Waals surface area contributed by atoms with Crippen molar-refractivity contribution in [1.82, 2.24) is 14.9 Å². The highest BCUT2D eigenvalue weighted by atomic mass is 16.2. The number of rotatable bonds is 3. The molecule has 1 aromatic heterocycles. The van der Waals surface area contributed by atoms with Gasteiger partial charge in [-0.05, 0) is 25.7 Å². The third-order valence-electron chi connectivity index (χ3n) is 5.05. The van der Waals surface area contributed by atoms with Crippen LogP contribution in [0, 0.1) is 5.92 Å². The van der Waals surface area contributed by atoms with Crippen LogP contribution in [0.3, 0.4) is 0 Å². The highest BCUT2D eigenvalue weighted by Gasteiger charge is 2.31. The third kappa shape index (κ3) is 3.82. The van der Waals surface area contributed by atoms with E-state index >= 15 is 0 Å². The predicted octanol–water partition coefficient (Wildman–Crippen LogP) is 2.98. The summed E-state index contributed by atoms with van der Waals surface area (Å²) in [6.45, 7) is 8.20. The number of carbonyl (C=O) groups is 1. The number of piperidine rings is 1. The first kappa shape index (κ1) is 16.2. The van der Waals surface area contributed by atoms with Crippen molar-refractivity contribution in [2.45, 2.75) is 64.3 Å². The van der Waals surface area contributed by atoms with Crippen LogP contribution in [-0.4, -0.2) is 39.9 Å². The number of aromatic nitrogens is 2. The molecule has 3 rings (SSSR count). The van der Waals surface area contributed by atoms with Crippen molar-refractivity contribution in [3.05, 3.63) is 18.1 Å². The average molecular weight is 316 g/mol. The molecule has 1 aromatic rings. The second kappa shape index (κ2) is 6.46. The van der Waals surface area contributed by atoms with Crippen molar-refractivity contribution in [1.29, 1.82) is 0 Å². The summed E-state index contributed by atoms with van der Waals surface area (Å²) in [6.07, 6.45) is 7.03. The Kier molecular flexibility index (Phi) is 4.55. The summed E-state index contributed by atoms with van der Waals surface area (Å²) < 4.78 is 0. The van der Waals surface area contributed by atoms with E-state index in [-0.39, 0.29) is 5.41 Å². The number of amides is 1. The van der Waals surface area contributed by atoms with Gasteiger partial charge in [-0.2, -0.15) is 0 Å². The normalized spacial score (nSPS) is 20.2. The standard InChI is InChI=1S/C18H28N4O/c1-18(2,3)15-11-16(20-12-19-15)21-14-7-9-22(10-8-14)17(23)13-5-4-6-13/h11-14H,4-10H2,1-3H3,(H,19,20,21). The zero-order valence-electron chi connectivity index (χ0n) is 14.5. The number of likely N-dealkylation sites (tertiary alicyclic amines) is 1. The molecule has 1 amide bonds. The Morgan fingerprint density at radius 2 is 1.87 bits per heavy atom. The molecule has 1 aliphatic heterocycles. The van der Waals surface area contributed by atoms with Crippen LogP contribution in [0.4, 0.5) is 5.82 Å². The number of carbonyl (C=O) groups excluding carboxylic acids is 1. The molecule has 5 heteroatoms. The molecule has 0 spiro atoms. The van der Waals surface area contributed by atoms with Crippen LogP contribution >= 0.6 is 0 Å². The average Bonchev–Trinajstić information content (AvgIpc) is 2.45. The maximum atomic E-state index is 12.3. The lowest BCUT2D eigenvalue weighted by Gasteiger charge is -2.37. The zero-order chi connectivity index (χ0) is 16.4. The first-order valence-corrected chi connectivity index (χ1v) is 8.81. The summed E-state index contributed by atoms with van der Waals surface area (Å²) in [4.78, 5) is 23.1. The fraction of sp³-hybridized carbons (Fsp3) is 0.722. The Labute approximate surface area is 138 Å². The van der Waals surface area contributed by atoms with E-state index in [2.05, 4.69) is 41.0 Å². The summed E-state index contributed by atoms with van der Waals surface area (Å²) in [5.41, 5.74) is 1.07. The molecule has 1 saturated heterocycles. The molecule has 0 unspecified atom stereocenters. The smallest absolute Gasteiger partial charge is 0.225 e. The van der Waals surface area contributed by atoms with Crippen LogP contribution < -0.4 is 5.32 Å². The Hall–Kier alpha value is -1.65. The molecule has 0 atom stereocenters. The van der Waals surface area contributed by atoms with Gasteiger partial charge in [-0.25, -0.2) is 9.97 Å². The van der Waals surface area contributed by atoms with Gasteiger partial charge in [0.1, 0.15) is 12.1 Å². The molecular weight excluding hydrogens is 288 g/mol. The molecule has 1 aliphatic carbocycles. The van der Waals surface area contributed by atoms with Crippen molar-refractivity contribution >= 4 is 11.7 Å². The second-order valence-electron chi connectivity index (χ2n) is 7.91. The maximum Gasteiger partial charge on any atom is 0.225 e. The van der Waals surface area contributed by atoms with Crippen molar-refractivity contribution in [2.75, 3.05) is 18.4 Å². The Morgan fingerprint density at radius 3 is 2.43 bits per heavy atom. The quantitative estimate of drug-likeness (QED) is 0.931. The monoisotopic (exact) mass is 316 g/mol. The third-order valence-corrected chi connectivity index (χ3v) is 5.05. The van der Waals surface area contributed by atoms with E-state index < -0.39 is 0 Å². The molecule has 1 saturated carbocycles. The predicted molar refractivity (Wildman–Crippen MR) is 91.3 cm³/mol. The van der Waals surface area contributed by atoms with Crippen molar-refractivity contribution < 1.29 is 4.79 Å². The van der Waals surface area contributed by atoms with Gasteiger partial charge in [-0.1, -0.05) is 27.2 Å². The van der Waals surface area contributed by atoms with Crippen LogP contribution in [0.5, 0.6) is 0 Å². The van der Waals surface area contributed by atoms with E-state index in [1.165, 1.54) is 6.42 Å². The molecular formula is C18H28N4O. The zero-order valence-corrected chi connectivity index (χ0v) is 14.5. The molecule has 2 heterocycles. The molecule has 0 bridgehead atoms. The lowest BCUT2D eigenvalue weighted by atomic mass is 9.84. The van der Waals surface area contributed by atoms with Crippen LogP contribution in [0.25, 0.3) is 0 Å². The lowest BCUT2D eigenvalue weighted by Crippen LogP contribution is -2.46. The van der Waals surface area contributed by atoms with E-state index in [1.54, 1.807) is 6.33 Å². The van der Waals surface area contributed by atoms with Gasteiger partial charge in [0.2, 0.25) is 5.91 Å². The molecule has 0 radical (unpaired) electrons. The van der Waals surface area contributed by atoms with Gasteiger partial charge in [-0.15, -0.1) is 0 Å². The van der Waals surface area contributed by atoms with E-state index in [0.717, 1.165) is 50.3 Å². The van der Waals surface area contributed by atoms with Gasteiger partial charge in [0.15, 0.2) is 0 Å². The van der Waals surface area contributed by atoms with Gasteiger partial charge < -0.3 is 10.2 Å². The minimum absolute atomic E-state index is 0.0257. The number of nitrogens with zero attached hydrogens (tertiary/aromatic N) is 3. The Bertz CT molecular complexity index is 554. The van der Waals surface area contributed by atoms with Gasteiger partial charge in [0, 0.05) is 36.5 Å². The van der Waals surface area contributed by atoms with E-state index in [4.69, 9.17) is 0 Å². The van der Waals surface area contributed by atoms with Crippen molar-refractivity contribution in [3.8, 4) is 0 Å². The van der Waals surface area contributed by atoms with Gasteiger partial charge in [0.05, 0.1) is 5.69 Å². The largest absolute Gasteiger partial charge is 0.367 e. The fourth-order valence-electron chi connectivity index (χ4n) is 3.21. The summed E-state index contributed by atoms with van der Waals surface area (Å²) in [5, 5.41) is 3.52. The van der Waals surface area contributed by atoms with Crippen LogP contribution in [0.2, 0.25) is 0 Å². The number of anilines is 1. The second-order valence-corrected chi connectivity index (χ2v) is 7.91. The van der Waals surface area contributed by atoms with E-state index in [1.807, 2.05) is 6.07 Å². The van der Waals surface area contributed by atoms with Gasteiger partial charge in [0.25, 0.3) is 0 Å². The first-order valence-electron chi connectivity index (χ1n) is 8.81. The van der Waals surface area contributed by atoms with E-state index in [0.29, 0.717) is 17.9 Å². The lowest BCUT2D eigenvalue weighted by molar-refractivity contribution is -0.139. The fourth-order valence-corrected chi connectivity index (χ4v) is 3.21. The number of nitrogens with one attached hydrogen (secondary N) is 1. The summed E-state index contributed by atoms with van der Waals surface area (Å²) >= 11 is 0. The summed E-state index contributed by atoms with van der Waals surface area (Å²) in [7, 11) is 0. The summed E-state index contributed by atoms with van der Waals surface area (Å²) in [5.74, 6) is 1.59. The topological polar surface area (TPSA) is 58.1 Å². The molecule has 23 heavy (non-hydrogen) atoms. The van der Waals surface area contributed by atoms with Crippen molar-refractivity contribution in [3.63, 3.8) is 0 Å². The minimum Gasteiger partial charge on any atom is -0.367 e. The maximum absolute atomic E-state index is 12.3. The molecule has 2 aliphatic rings. The molecule has 1 N–H and O–H groups in total. The van der Waals surface area contributed by atoms with Crippen LogP contribution in [-0.2, 0) is 10.2 Å². The molecule has 2 fully saturated rings. The van der Waals surface area contributed by atoms with Crippen molar-refractivity contribution in [2.24, 2.45) is 5.92 Å². The number of hydrogen-bond acceptors (Lipinski definition) is 4. The Morgan fingerprint density at radius 1 is 1.17 bits per heavy atom. The van der Waals surface area contributed by atoms with E-state index in [9.17, 15) is 4.79 Å². The SMILES string of the molecule is CC(C)(C)c1cc(NC2CCN(C(=O)C3CCC3)CC2)ncn1. The minimum atomic E-state index is 0.0257.